The smallest absolute Gasteiger partial charge is 0.137 e. The second-order valence-corrected chi connectivity index (χ2v) is 19.1. The van der Waals surface area contributed by atoms with Crippen molar-refractivity contribution in [1.82, 2.24) is 0 Å². The Morgan fingerprint density at radius 2 is 0.831 bits per heavy atom. The molecule has 11 aromatic carbocycles. The largest absolute Gasteiger partial charge is 0.456 e. The van der Waals surface area contributed by atoms with Crippen LogP contribution < -0.4 is 9.80 Å². The average molecular weight is 905 g/mol. The predicted octanol–water partition coefficient (Wildman–Crippen LogP) is 17.6. The second-order valence-electron chi connectivity index (χ2n) is 19.1. The van der Waals surface area contributed by atoms with Crippen molar-refractivity contribution in [2.24, 2.45) is 0 Å². The predicted molar refractivity (Wildman–Crippen MR) is 291 cm³/mol. The van der Waals surface area contributed by atoms with Crippen LogP contribution >= 0.6 is 0 Å². The van der Waals surface area contributed by atoms with Gasteiger partial charge in [0.05, 0.1) is 33.3 Å². The van der Waals surface area contributed by atoms with Crippen molar-refractivity contribution < 1.29 is 4.42 Å². The number of rotatable bonds is 7. The lowest BCUT2D eigenvalue weighted by Gasteiger charge is -2.44. The molecular weight excluding hydrogens is 861 g/mol. The maximum atomic E-state index is 6.68. The molecule has 0 fully saturated rings. The van der Waals surface area contributed by atoms with Crippen LogP contribution in [0.15, 0.2) is 271 Å². The topological polar surface area (TPSA) is 19.6 Å². The van der Waals surface area contributed by atoms with Crippen LogP contribution in [0.5, 0.6) is 0 Å². The molecule has 0 bridgehead atoms. The molecule has 0 N–H and O–H groups in total. The standard InChI is InChI=1S/C68H44N2O/c1-5-21-45(22-6-1)67(46-23-7-2-8-24-46)56-32-15-13-29-51(56)52-41-39-49(43-58(52)67)69(61-35-20-38-64-65(61)55-30-14-18-37-63(55)71-64)50-40-42-53-54-31-19-36-62-66(54)68(59(53)44-50,47-25-9-3-10-26-47)57-33-16-17-34-60(57)70(62)48-27-11-4-12-28-48/h1-44H. The van der Waals surface area contributed by atoms with Gasteiger partial charge in [0.1, 0.15) is 11.2 Å². The first-order chi connectivity index (χ1) is 35.2. The summed E-state index contributed by atoms with van der Waals surface area (Å²) in [6.45, 7) is 0. The fraction of sp³-hybridized carbons (Fsp3) is 0.0294. The van der Waals surface area contributed by atoms with Gasteiger partial charge in [-0.3, -0.25) is 0 Å². The Kier molecular flexibility index (Phi) is 8.49. The molecule has 0 saturated carbocycles. The summed E-state index contributed by atoms with van der Waals surface area (Å²) >= 11 is 0. The van der Waals surface area contributed by atoms with Crippen LogP contribution in [0.25, 0.3) is 44.2 Å². The summed E-state index contributed by atoms with van der Waals surface area (Å²) in [7, 11) is 0. The summed E-state index contributed by atoms with van der Waals surface area (Å²) in [5.74, 6) is 0. The number of nitrogens with zero attached hydrogens (tertiary/aromatic N) is 2. The molecule has 0 amide bonds. The summed E-state index contributed by atoms with van der Waals surface area (Å²) in [4.78, 5) is 4.97. The molecule has 0 radical (unpaired) electrons. The van der Waals surface area contributed by atoms with Crippen molar-refractivity contribution in [2.75, 3.05) is 9.80 Å². The molecule has 1 atom stereocenters. The number of hydrogen-bond acceptors (Lipinski definition) is 3. The fourth-order valence-corrected chi connectivity index (χ4v) is 13.0. The average Bonchev–Trinajstić information content (AvgIpc) is 4.08. The Balaban J connectivity index is 1.04. The van der Waals surface area contributed by atoms with E-state index in [-0.39, 0.29) is 0 Å². The first-order valence-electron chi connectivity index (χ1n) is 24.6. The van der Waals surface area contributed by atoms with Gasteiger partial charge in [-0.2, -0.15) is 0 Å². The van der Waals surface area contributed by atoms with E-state index < -0.39 is 10.8 Å². The van der Waals surface area contributed by atoms with E-state index in [4.69, 9.17) is 4.42 Å². The Morgan fingerprint density at radius 1 is 0.338 bits per heavy atom. The van der Waals surface area contributed by atoms with Gasteiger partial charge >= 0.3 is 0 Å². The van der Waals surface area contributed by atoms with E-state index in [9.17, 15) is 0 Å². The normalized spacial score (nSPS) is 15.5. The molecular formula is C68H44N2O. The van der Waals surface area contributed by atoms with Crippen LogP contribution in [0.3, 0.4) is 0 Å². The minimum absolute atomic E-state index is 0.575. The maximum absolute atomic E-state index is 6.68. The van der Waals surface area contributed by atoms with E-state index in [2.05, 4.69) is 277 Å². The number of furan rings is 1. The number of hydrogen-bond donors (Lipinski definition) is 0. The zero-order valence-electron chi connectivity index (χ0n) is 38.7. The summed E-state index contributed by atoms with van der Waals surface area (Å²) in [5, 5.41) is 2.16. The quantitative estimate of drug-likeness (QED) is 0.159. The van der Waals surface area contributed by atoms with Crippen molar-refractivity contribution in [2.45, 2.75) is 10.8 Å². The van der Waals surface area contributed by atoms with Crippen LogP contribution in [-0.2, 0) is 10.8 Å². The molecule has 2 aliphatic carbocycles. The maximum Gasteiger partial charge on any atom is 0.137 e. The number of benzene rings is 11. The lowest BCUT2D eigenvalue weighted by Crippen LogP contribution is -2.36. The summed E-state index contributed by atoms with van der Waals surface area (Å²) in [6, 6.07) is 98.6. The summed E-state index contributed by atoms with van der Waals surface area (Å²) < 4.78 is 6.68. The van der Waals surface area contributed by atoms with E-state index in [1.54, 1.807) is 0 Å². The van der Waals surface area contributed by atoms with Gasteiger partial charge in [0, 0.05) is 28.0 Å². The Bertz CT molecular complexity index is 4030. The van der Waals surface area contributed by atoms with Gasteiger partial charge in [0.15, 0.2) is 0 Å². The van der Waals surface area contributed by atoms with Gasteiger partial charge in [0.25, 0.3) is 0 Å². The Labute approximate surface area is 412 Å². The first kappa shape index (κ1) is 39.8. The monoisotopic (exact) mass is 904 g/mol. The van der Waals surface area contributed by atoms with Crippen LogP contribution in [-0.4, -0.2) is 0 Å². The highest BCUT2D eigenvalue weighted by Gasteiger charge is 2.53. The Hall–Kier alpha value is -9.18. The molecule has 12 aromatic rings. The van der Waals surface area contributed by atoms with Gasteiger partial charge in [-0.05, 0) is 128 Å². The lowest BCUT2D eigenvalue weighted by atomic mass is 9.65. The van der Waals surface area contributed by atoms with Gasteiger partial charge in [-0.1, -0.05) is 200 Å². The van der Waals surface area contributed by atoms with Crippen molar-refractivity contribution in [1.29, 1.82) is 0 Å². The molecule has 15 rings (SSSR count). The Morgan fingerprint density at radius 3 is 1.54 bits per heavy atom. The van der Waals surface area contributed by atoms with E-state index in [1.165, 1.54) is 78.1 Å². The van der Waals surface area contributed by atoms with Crippen LogP contribution in [0.1, 0.15) is 44.5 Å². The van der Waals surface area contributed by atoms with E-state index in [0.29, 0.717) is 0 Å². The highest BCUT2D eigenvalue weighted by Crippen LogP contribution is 2.66. The van der Waals surface area contributed by atoms with E-state index in [1.807, 2.05) is 0 Å². The van der Waals surface area contributed by atoms with Gasteiger partial charge < -0.3 is 14.2 Å². The van der Waals surface area contributed by atoms with E-state index >= 15 is 0 Å². The van der Waals surface area contributed by atoms with Gasteiger partial charge in [0.2, 0.25) is 0 Å². The van der Waals surface area contributed by atoms with Crippen LogP contribution in [0, 0.1) is 0 Å². The third kappa shape index (κ3) is 5.38. The highest BCUT2D eigenvalue weighted by molar-refractivity contribution is 6.13. The second kappa shape index (κ2) is 15.2. The summed E-state index contributed by atoms with van der Waals surface area (Å²) in [6.07, 6.45) is 0. The molecule has 0 spiro atoms. The molecule has 3 heteroatoms. The molecule has 1 aliphatic heterocycles. The van der Waals surface area contributed by atoms with Crippen LogP contribution in [0.4, 0.5) is 34.1 Å². The van der Waals surface area contributed by atoms with Crippen molar-refractivity contribution in [3.05, 3.63) is 311 Å². The summed E-state index contributed by atoms with van der Waals surface area (Å²) in [5.41, 5.74) is 22.3. The molecule has 1 unspecified atom stereocenters. The van der Waals surface area contributed by atoms with Crippen LogP contribution in [0.2, 0.25) is 0 Å². The molecule has 332 valence electrons. The fourth-order valence-electron chi connectivity index (χ4n) is 13.0. The first-order valence-corrected chi connectivity index (χ1v) is 24.6. The molecule has 0 saturated heterocycles. The zero-order chi connectivity index (χ0) is 46.7. The van der Waals surface area contributed by atoms with E-state index in [0.717, 1.165) is 44.7 Å². The molecule has 3 aliphatic rings. The molecule has 1 aromatic heterocycles. The third-order valence-corrected chi connectivity index (χ3v) is 15.7. The van der Waals surface area contributed by atoms with Gasteiger partial charge in [-0.25, -0.2) is 0 Å². The minimum Gasteiger partial charge on any atom is -0.456 e. The number of fused-ring (bicyclic) bond motifs is 11. The third-order valence-electron chi connectivity index (χ3n) is 15.7. The molecule has 71 heavy (non-hydrogen) atoms. The minimum atomic E-state index is -0.629. The van der Waals surface area contributed by atoms with Crippen molar-refractivity contribution in [3.8, 4) is 22.3 Å². The van der Waals surface area contributed by atoms with Gasteiger partial charge in [-0.15, -0.1) is 0 Å². The number of para-hydroxylation sites is 3. The molecule has 3 nitrogen and oxygen atoms in total. The van der Waals surface area contributed by atoms with Crippen molar-refractivity contribution in [3.63, 3.8) is 0 Å². The lowest BCUT2D eigenvalue weighted by molar-refractivity contribution is 0.669. The highest BCUT2D eigenvalue weighted by atomic mass is 16.3. The SMILES string of the molecule is c1ccc(N2c3ccccc3C3(c4ccccc4)c4cc(N(c5ccc6c(c5)C(c5ccccc5)(c5ccccc5)c5ccccc5-6)c5cccc6oc7ccccc7c56)ccc4-c4cccc2c43)cc1. The molecule has 2 heterocycles. The number of anilines is 6. The van der Waals surface area contributed by atoms with Crippen molar-refractivity contribution >= 4 is 56.1 Å². The zero-order valence-corrected chi connectivity index (χ0v) is 38.7.